The molecule has 0 bridgehead atoms. The van der Waals surface area contributed by atoms with Crippen LogP contribution < -0.4 is 0 Å². The Morgan fingerprint density at radius 1 is 1.59 bits per heavy atom. The second kappa shape index (κ2) is 6.87. The number of hydrogen-bond donors (Lipinski definition) is 0. The second-order valence-corrected chi connectivity index (χ2v) is 5.97. The van der Waals surface area contributed by atoms with Crippen LogP contribution in [0.2, 0.25) is 0 Å². The third-order valence-electron chi connectivity index (χ3n) is 3.02. The first kappa shape index (κ1) is 14.3. The molecule has 0 spiro atoms. The molecule has 0 aliphatic carbocycles. The van der Waals surface area contributed by atoms with E-state index in [1.807, 2.05) is 6.92 Å². The molecule has 1 atom stereocenters. The van der Waals surface area contributed by atoms with Gasteiger partial charge in [0.15, 0.2) is 0 Å². The van der Waals surface area contributed by atoms with E-state index in [1.54, 1.807) is 23.8 Å². The van der Waals surface area contributed by atoms with Crippen molar-refractivity contribution in [3.63, 3.8) is 0 Å². The Morgan fingerprint density at radius 2 is 2.35 bits per heavy atom. The maximum atomic E-state index is 12.4. The van der Waals surface area contributed by atoms with Crippen LogP contribution in [0.25, 0.3) is 0 Å². The van der Waals surface area contributed by atoms with Crippen LogP contribution in [0.15, 0.2) is 0 Å². The molecule has 1 rings (SSSR count). The number of carbonyl (C=O) groups excluding carboxylic acids is 1. The number of amides is 1. The molecular weight excluding hydrogens is 236 g/mol. The number of ether oxygens (including phenoxy) is 1. The highest BCUT2D eigenvalue weighted by molar-refractivity contribution is 8.01. The van der Waals surface area contributed by atoms with Gasteiger partial charge in [0.2, 0.25) is 5.91 Å². The van der Waals surface area contributed by atoms with Gasteiger partial charge in [0.25, 0.3) is 0 Å². The lowest BCUT2D eigenvalue weighted by Gasteiger charge is -2.30. The van der Waals surface area contributed by atoms with E-state index in [4.69, 9.17) is 10.00 Å². The molecule has 0 aromatic rings. The van der Waals surface area contributed by atoms with Crippen LogP contribution in [0.1, 0.15) is 26.2 Å². The Balaban J connectivity index is 2.61. The summed E-state index contributed by atoms with van der Waals surface area (Å²) in [5.41, 5.74) is 0. The standard InChI is InChI=1S/C12H20N2O2S/c1-12(5-3-10-17-12)11(15)14(7-4-6-13)8-9-16-2/h3-5,7-10H2,1-2H3. The maximum absolute atomic E-state index is 12.4. The highest BCUT2D eigenvalue weighted by atomic mass is 32.2. The molecule has 0 aromatic carbocycles. The largest absolute Gasteiger partial charge is 0.383 e. The molecule has 0 radical (unpaired) electrons. The number of nitrogens with zero attached hydrogens (tertiary/aromatic N) is 2. The summed E-state index contributed by atoms with van der Waals surface area (Å²) in [6.45, 7) is 3.62. The third-order valence-corrected chi connectivity index (χ3v) is 4.53. The SMILES string of the molecule is COCCN(CCC#N)C(=O)C1(C)CCCS1. The fourth-order valence-corrected chi connectivity index (χ4v) is 3.26. The van der Waals surface area contributed by atoms with E-state index in [9.17, 15) is 4.79 Å². The first-order valence-corrected chi connectivity index (χ1v) is 6.92. The van der Waals surface area contributed by atoms with Crippen molar-refractivity contribution < 1.29 is 9.53 Å². The zero-order chi connectivity index (χ0) is 12.7. The summed E-state index contributed by atoms with van der Waals surface area (Å²) in [5, 5.41) is 8.63. The van der Waals surface area contributed by atoms with Crippen LogP contribution in [0.5, 0.6) is 0 Å². The number of hydrogen-bond acceptors (Lipinski definition) is 4. The zero-order valence-electron chi connectivity index (χ0n) is 10.6. The Kier molecular flexibility index (Phi) is 5.79. The van der Waals surface area contributed by atoms with Crippen molar-refractivity contribution in [1.82, 2.24) is 4.90 Å². The summed E-state index contributed by atoms with van der Waals surface area (Å²) >= 11 is 1.73. The van der Waals surface area contributed by atoms with Crippen molar-refractivity contribution in [3.8, 4) is 6.07 Å². The smallest absolute Gasteiger partial charge is 0.238 e. The first-order valence-electron chi connectivity index (χ1n) is 5.93. The molecule has 4 nitrogen and oxygen atoms in total. The van der Waals surface area contributed by atoms with Gasteiger partial charge in [0, 0.05) is 20.2 Å². The van der Waals surface area contributed by atoms with Crippen LogP contribution >= 0.6 is 11.8 Å². The average Bonchev–Trinajstić information content (AvgIpc) is 2.77. The van der Waals surface area contributed by atoms with Gasteiger partial charge in [0.05, 0.1) is 23.8 Å². The van der Waals surface area contributed by atoms with Gasteiger partial charge in [-0.3, -0.25) is 4.79 Å². The summed E-state index contributed by atoms with van der Waals surface area (Å²) < 4.78 is 4.73. The van der Waals surface area contributed by atoms with E-state index in [1.165, 1.54) is 0 Å². The van der Waals surface area contributed by atoms with Crippen molar-refractivity contribution in [3.05, 3.63) is 0 Å². The van der Waals surface area contributed by atoms with Gasteiger partial charge < -0.3 is 9.64 Å². The molecule has 96 valence electrons. The van der Waals surface area contributed by atoms with Crippen LogP contribution in [0.4, 0.5) is 0 Å². The van der Waals surface area contributed by atoms with E-state index in [-0.39, 0.29) is 10.7 Å². The fourth-order valence-electron chi connectivity index (χ4n) is 1.98. The van der Waals surface area contributed by atoms with Gasteiger partial charge in [-0.15, -0.1) is 11.8 Å². The highest BCUT2D eigenvalue weighted by Crippen LogP contribution is 2.39. The highest BCUT2D eigenvalue weighted by Gasteiger charge is 2.39. The Hall–Kier alpha value is -0.730. The minimum Gasteiger partial charge on any atom is -0.383 e. The summed E-state index contributed by atoms with van der Waals surface area (Å²) in [6, 6.07) is 2.09. The van der Waals surface area contributed by atoms with Crippen molar-refractivity contribution in [2.24, 2.45) is 0 Å². The molecule has 1 amide bonds. The predicted molar refractivity (Wildman–Crippen MR) is 68.8 cm³/mol. The van der Waals surface area contributed by atoms with Crippen molar-refractivity contribution >= 4 is 17.7 Å². The Labute approximate surface area is 107 Å². The predicted octanol–water partition coefficient (Wildman–Crippen LogP) is 1.66. The zero-order valence-corrected chi connectivity index (χ0v) is 11.4. The van der Waals surface area contributed by atoms with Gasteiger partial charge in [-0.1, -0.05) is 0 Å². The van der Waals surface area contributed by atoms with Gasteiger partial charge in [-0.2, -0.15) is 5.26 Å². The normalized spacial score (nSPS) is 23.4. The molecule has 1 heterocycles. The molecule has 1 aliphatic rings. The molecule has 1 aliphatic heterocycles. The minimum absolute atomic E-state index is 0.160. The molecule has 1 unspecified atom stereocenters. The summed E-state index contributed by atoms with van der Waals surface area (Å²) in [6.07, 6.45) is 2.42. The molecule has 1 fully saturated rings. The quantitative estimate of drug-likeness (QED) is 0.725. The topological polar surface area (TPSA) is 53.3 Å². The summed E-state index contributed by atoms with van der Waals surface area (Å²) in [5.74, 6) is 1.21. The minimum atomic E-state index is -0.288. The number of carbonyl (C=O) groups is 1. The van der Waals surface area contributed by atoms with E-state index in [0.29, 0.717) is 26.1 Å². The maximum Gasteiger partial charge on any atom is 0.238 e. The van der Waals surface area contributed by atoms with Crippen LogP contribution in [0, 0.1) is 11.3 Å². The molecular formula is C12H20N2O2S. The average molecular weight is 256 g/mol. The second-order valence-electron chi connectivity index (χ2n) is 4.38. The molecule has 0 saturated carbocycles. The van der Waals surface area contributed by atoms with Gasteiger partial charge in [0.1, 0.15) is 0 Å². The molecule has 1 saturated heterocycles. The van der Waals surface area contributed by atoms with Gasteiger partial charge >= 0.3 is 0 Å². The van der Waals surface area contributed by atoms with Crippen LogP contribution in [0.3, 0.4) is 0 Å². The van der Waals surface area contributed by atoms with E-state index in [0.717, 1.165) is 18.6 Å². The third kappa shape index (κ3) is 3.90. The lowest BCUT2D eigenvalue weighted by Crippen LogP contribution is -2.45. The lowest BCUT2D eigenvalue weighted by atomic mass is 10.0. The Morgan fingerprint density at radius 3 is 2.88 bits per heavy atom. The van der Waals surface area contributed by atoms with E-state index < -0.39 is 0 Å². The lowest BCUT2D eigenvalue weighted by molar-refractivity contribution is -0.134. The van der Waals surface area contributed by atoms with Crippen molar-refractivity contribution in [2.45, 2.75) is 30.9 Å². The van der Waals surface area contributed by atoms with Crippen LogP contribution in [-0.4, -0.2) is 48.1 Å². The molecule has 5 heteroatoms. The molecule has 0 N–H and O–H groups in total. The first-order chi connectivity index (χ1) is 8.14. The van der Waals surface area contributed by atoms with Gasteiger partial charge in [-0.25, -0.2) is 0 Å². The summed E-state index contributed by atoms with van der Waals surface area (Å²) in [4.78, 5) is 14.2. The monoisotopic (exact) mass is 256 g/mol. The number of methoxy groups -OCH3 is 1. The van der Waals surface area contributed by atoms with Crippen molar-refractivity contribution in [1.29, 1.82) is 5.26 Å². The number of thioether (sulfide) groups is 1. The molecule has 0 aromatic heterocycles. The number of nitriles is 1. The molecule has 17 heavy (non-hydrogen) atoms. The Bertz CT molecular complexity index is 295. The van der Waals surface area contributed by atoms with Crippen molar-refractivity contribution in [2.75, 3.05) is 32.6 Å². The van der Waals surface area contributed by atoms with E-state index >= 15 is 0 Å². The van der Waals surface area contributed by atoms with Gasteiger partial charge in [-0.05, 0) is 25.5 Å². The van der Waals surface area contributed by atoms with E-state index in [2.05, 4.69) is 6.07 Å². The summed E-state index contributed by atoms with van der Waals surface area (Å²) in [7, 11) is 1.62. The van der Waals surface area contributed by atoms with Crippen LogP contribution in [-0.2, 0) is 9.53 Å². The fraction of sp³-hybridized carbons (Fsp3) is 0.833. The number of rotatable bonds is 6.